The van der Waals surface area contributed by atoms with E-state index >= 15 is 0 Å². The first-order valence-electron chi connectivity index (χ1n) is 7.46. The molecular formula is C18H20BrClN2O2. The second-order valence-electron chi connectivity index (χ2n) is 5.66. The standard InChI is InChI=1S/C18H20BrClN2O2/c1-12-4-6-16(15(20)8-12)21-18(23)11-22(2)10-13-9-14(19)5-7-17(13)24-3/h4-9H,10-11H2,1-3H3,(H,21,23). The number of rotatable bonds is 6. The average Bonchev–Trinajstić information content (AvgIpc) is 2.50. The largest absolute Gasteiger partial charge is 0.496 e. The van der Waals surface area contributed by atoms with Gasteiger partial charge in [0.05, 0.1) is 24.4 Å². The molecule has 0 spiro atoms. The summed E-state index contributed by atoms with van der Waals surface area (Å²) >= 11 is 9.60. The van der Waals surface area contributed by atoms with E-state index in [0.29, 0.717) is 17.3 Å². The Bertz CT molecular complexity index is 737. The molecule has 0 heterocycles. The van der Waals surface area contributed by atoms with Gasteiger partial charge in [0.1, 0.15) is 5.75 Å². The molecule has 1 N–H and O–H groups in total. The normalized spacial score (nSPS) is 10.8. The highest BCUT2D eigenvalue weighted by Crippen LogP contribution is 2.25. The molecule has 0 unspecified atom stereocenters. The maximum atomic E-state index is 12.2. The van der Waals surface area contributed by atoms with Gasteiger partial charge in [-0.05, 0) is 49.9 Å². The minimum absolute atomic E-state index is 0.114. The summed E-state index contributed by atoms with van der Waals surface area (Å²) in [4.78, 5) is 14.1. The molecule has 0 aliphatic carbocycles. The molecule has 0 saturated heterocycles. The lowest BCUT2D eigenvalue weighted by atomic mass is 10.2. The average molecular weight is 412 g/mol. The number of anilines is 1. The van der Waals surface area contributed by atoms with Crippen molar-refractivity contribution in [2.45, 2.75) is 13.5 Å². The number of benzene rings is 2. The highest BCUT2D eigenvalue weighted by Gasteiger charge is 2.12. The van der Waals surface area contributed by atoms with E-state index in [2.05, 4.69) is 21.2 Å². The van der Waals surface area contributed by atoms with E-state index in [1.807, 2.05) is 55.3 Å². The van der Waals surface area contributed by atoms with Gasteiger partial charge in [0.15, 0.2) is 0 Å². The molecule has 0 aliphatic heterocycles. The summed E-state index contributed by atoms with van der Waals surface area (Å²) < 4.78 is 6.34. The third kappa shape index (κ3) is 5.23. The number of halogens is 2. The molecule has 0 aromatic heterocycles. The zero-order valence-corrected chi connectivity index (χ0v) is 16.2. The quantitative estimate of drug-likeness (QED) is 0.761. The van der Waals surface area contributed by atoms with Crippen LogP contribution in [0.1, 0.15) is 11.1 Å². The molecule has 128 valence electrons. The number of nitrogens with zero attached hydrogens (tertiary/aromatic N) is 1. The zero-order valence-electron chi connectivity index (χ0n) is 13.9. The van der Waals surface area contributed by atoms with E-state index < -0.39 is 0 Å². The number of nitrogens with one attached hydrogen (secondary N) is 1. The third-order valence-electron chi connectivity index (χ3n) is 3.49. The number of hydrogen-bond donors (Lipinski definition) is 1. The van der Waals surface area contributed by atoms with Crippen molar-refractivity contribution in [3.8, 4) is 5.75 Å². The molecule has 0 atom stereocenters. The molecule has 0 fully saturated rings. The van der Waals surface area contributed by atoms with Gasteiger partial charge in [-0.15, -0.1) is 0 Å². The van der Waals surface area contributed by atoms with Crippen molar-refractivity contribution in [1.29, 1.82) is 0 Å². The van der Waals surface area contributed by atoms with Gasteiger partial charge in [-0.2, -0.15) is 0 Å². The molecule has 6 heteroatoms. The number of amides is 1. The number of hydrogen-bond acceptors (Lipinski definition) is 3. The smallest absolute Gasteiger partial charge is 0.238 e. The number of ether oxygens (including phenoxy) is 1. The molecule has 0 radical (unpaired) electrons. The van der Waals surface area contributed by atoms with E-state index in [4.69, 9.17) is 16.3 Å². The Morgan fingerprint density at radius 1 is 1.29 bits per heavy atom. The minimum atomic E-state index is -0.114. The summed E-state index contributed by atoms with van der Waals surface area (Å²) in [6, 6.07) is 11.4. The highest BCUT2D eigenvalue weighted by molar-refractivity contribution is 9.10. The molecule has 4 nitrogen and oxygen atoms in total. The van der Waals surface area contributed by atoms with Crippen LogP contribution in [-0.4, -0.2) is 31.5 Å². The third-order valence-corrected chi connectivity index (χ3v) is 4.30. The van der Waals surface area contributed by atoms with Gasteiger partial charge in [-0.1, -0.05) is 33.6 Å². The Labute approximate surface area is 155 Å². The van der Waals surface area contributed by atoms with Crippen LogP contribution in [0, 0.1) is 6.92 Å². The number of aryl methyl sites for hydroxylation is 1. The van der Waals surface area contributed by atoms with E-state index in [9.17, 15) is 4.79 Å². The second-order valence-corrected chi connectivity index (χ2v) is 6.98. The van der Waals surface area contributed by atoms with Crippen LogP contribution in [0.15, 0.2) is 40.9 Å². The van der Waals surface area contributed by atoms with E-state index in [-0.39, 0.29) is 12.5 Å². The first-order valence-corrected chi connectivity index (χ1v) is 8.63. The fraction of sp³-hybridized carbons (Fsp3) is 0.278. The van der Waals surface area contributed by atoms with Crippen LogP contribution in [0.2, 0.25) is 5.02 Å². The number of methoxy groups -OCH3 is 1. The van der Waals surface area contributed by atoms with Crippen LogP contribution >= 0.6 is 27.5 Å². The van der Waals surface area contributed by atoms with Gasteiger partial charge in [-0.3, -0.25) is 9.69 Å². The minimum Gasteiger partial charge on any atom is -0.496 e. The zero-order chi connectivity index (χ0) is 17.7. The van der Waals surface area contributed by atoms with E-state index in [1.165, 1.54) is 0 Å². The molecule has 1 amide bonds. The fourth-order valence-electron chi connectivity index (χ4n) is 2.37. The topological polar surface area (TPSA) is 41.6 Å². The van der Waals surface area contributed by atoms with Gasteiger partial charge in [0.2, 0.25) is 5.91 Å². The van der Waals surface area contributed by atoms with Gasteiger partial charge in [-0.25, -0.2) is 0 Å². The molecule has 0 saturated carbocycles. The Balaban J connectivity index is 1.98. The van der Waals surface area contributed by atoms with Crippen LogP contribution in [0.25, 0.3) is 0 Å². The Morgan fingerprint density at radius 2 is 2.04 bits per heavy atom. The van der Waals surface area contributed by atoms with Crippen molar-refractivity contribution in [1.82, 2.24) is 4.90 Å². The Hall–Kier alpha value is -1.56. The number of carbonyl (C=O) groups is 1. The van der Waals surface area contributed by atoms with Crippen molar-refractivity contribution in [3.63, 3.8) is 0 Å². The summed E-state index contributed by atoms with van der Waals surface area (Å²) in [5.74, 6) is 0.684. The van der Waals surface area contributed by atoms with Crippen molar-refractivity contribution in [2.75, 3.05) is 26.0 Å². The van der Waals surface area contributed by atoms with Crippen LogP contribution in [0.5, 0.6) is 5.75 Å². The van der Waals surface area contributed by atoms with Crippen LogP contribution in [0.3, 0.4) is 0 Å². The maximum Gasteiger partial charge on any atom is 0.238 e. The molecule has 2 aromatic rings. The lowest BCUT2D eigenvalue weighted by Crippen LogP contribution is -2.30. The Kier molecular flexibility index (Phi) is 6.66. The number of carbonyl (C=O) groups excluding carboxylic acids is 1. The monoisotopic (exact) mass is 410 g/mol. The lowest BCUT2D eigenvalue weighted by Gasteiger charge is -2.18. The van der Waals surface area contributed by atoms with Gasteiger partial charge in [0.25, 0.3) is 0 Å². The molecule has 2 aromatic carbocycles. The molecule has 24 heavy (non-hydrogen) atoms. The SMILES string of the molecule is COc1ccc(Br)cc1CN(C)CC(=O)Nc1ccc(C)cc1Cl. The van der Waals surface area contributed by atoms with Crippen LogP contribution in [-0.2, 0) is 11.3 Å². The predicted molar refractivity (Wildman–Crippen MR) is 102 cm³/mol. The van der Waals surface area contributed by atoms with E-state index in [1.54, 1.807) is 7.11 Å². The maximum absolute atomic E-state index is 12.2. The molecule has 0 aliphatic rings. The molecular weight excluding hydrogens is 392 g/mol. The summed E-state index contributed by atoms with van der Waals surface area (Å²) in [6.07, 6.45) is 0. The van der Waals surface area contributed by atoms with Crippen molar-refractivity contribution in [2.24, 2.45) is 0 Å². The summed E-state index contributed by atoms with van der Waals surface area (Å²) in [7, 11) is 3.52. The van der Waals surface area contributed by atoms with Crippen LogP contribution in [0.4, 0.5) is 5.69 Å². The van der Waals surface area contributed by atoms with Crippen molar-refractivity contribution < 1.29 is 9.53 Å². The van der Waals surface area contributed by atoms with Gasteiger partial charge >= 0.3 is 0 Å². The highest BCUT2D eigenvalue weighted by atomic mass is 79.9. The molecule has 2 rings (SSSR count). The van der Waals surface area contributed by atoms with Crippen molar-refractivity contribution >= 4 is 39.1 Å². The Morgan fingerprint density at radius 3 is 2.71 bits per heavy atom. The first-order chi connectivity index (χ1) is 11.4. The van der Waals surface area contributed by atoms with E-state index in [0.717, 1.165) is 21.3 Å². The summed E-state index contributed by atoms with van der Waals surface area (Å²) in [5.41, 5.74) is 2.69. The number of likely N-dealkylation sites (N-methyl/N-ethyl adjacent to an activating group) is 1. The first kappa shape index (κ1) is 18.8. The van der Waals surface area contributed by atoms with Crippen LogP contribution < -0.4 is 10.1 Å². The van der Waals surface area contributed by atoms with Crippen molar-refractivity contribution in [3.05, 3.63) is 57.0 Å². The summed E-state index contributed by atoms with van der Waals surface area (Å²) in [5, 5.41) is 3.38. The molecule has 0 bridgehead atoms. The predicted octanol–water partition coefficient (Wildman–Crippen LogP) is 4.49. The summed E-state index contributed by atoms with van der Waals surface area (Å²) in [6.45, 7) is 2.80. The van der Waals surface area contributed by atoms with Gasteiger partial charge < -0.3 is 10.1 Å². The fourth-order valence-corrected chi connectivity index (χ4v) is 3.06. The lowest BCUT2D eigenvalue weighted by molar-refractivity contribution is -0.117. The second kappa shape index (κ2) is 8.51. The van der Waals surface area contributed by atoms with Gasteiger partial charge in [0, 0.05) is 16.6 Å².